The highest BCUT2D eigenvalue weighted by Gasteiger charge is 2.19. The smallest absolute Gasteiger partial charge is 0.237 e. The lowest BCUT2D eigenvalue weighted by Crippen LogP contribution is -2.47. The molecule has 0 spiro atoms. The first-order chi connectivity index (χ1) is 9.35. The van der Waals surface area contributed by atoms with Crippen molar-refractivity contribution in [2.45, 2.75) is 45.7 Å². The lowest BCUT2D eigenvalue weighted by atomic mass is 10.00. The fourth-order valence-corrected chi connectivity index (χ4v) is 2.07. The van der Waals surface area contributed by atoms with Crippen molar-refractivity contribution in [1.82, 2.24) is 5.32 Å². The Kier molecular flexibility index (Phi) is 5.82. The molecule has 112 valence electrons. The first-order valence-corrected chi connectivity index (χ1v) is 6.92. The number of nitrogens with two attached hydrogens (primary N) is 1. The number of carbonyl (C=O) groups is 1. The third-order valence-corrected chi connectivity index (χ3v) is 3.40. The fourth-order valence-electron chi connectivity index (χ4n) is 2.07. The second-order valence-corrected chi connectivity index (χ2v) is 5.40. The van der Waals surface area contributed by atoms with E-state index in [9.17, 15) is 15.0 Å². The molecule has 2 atom stereocenters. The minimum absolute atomic E-state index is 0.113. The molecular formula is C15H24N2O3. The standard InChI is InChI=1S/C15H24N2O3/c1-4-12(9(2)3)17-15(20)11(16)7-10-5-6-13(18)14(19)8-10/h5-6,8-9,11-12,18-19H,4,7,16H2,1-3H3,(H,17,20)/t11-,12?/m0/s1. The Morgan fingerprint density at radius 2 is 1.95 bits per heavy atom. The Morgan fingerprint density at radius 1 is 1.30 bits per heavy atom. The van der Waals surface area contributed by atoms with Gasteiger partial charge in [0.05, 0.1) is 6.04 Å². The van der Waals surface area contributed by atoms with Gasteiger partial charge < -0.3 is 21.3 Å². The summed E-state index contributed by atoms with van der Waals surface area (Å²) in [6.45, 7) is 6.13. The van der Waals surface area contributed by atoms with Crippen LogP contribution in [0.3, 0.4) is 0 Å². The maximum absolute atomic E-state index is 12.0. The Labute approximate surface area is 119 Å². The number of benzene rings is 1. The van der Waals surface area contributed by atoms with Gasteiger partial charge in [-0.05, 0) is 36.5 Å². The largest absolute Gasteiger partial charge is 0.504 e. The predicted molar refractivity (Wildman–Crippen MR) is 78.5 cm³/mol. The Hall–Kier alpha value is -1.75. The van der Waals surface area contributed by atoms with Gasteiger partial charge in [-0.15, -0.1) is 0 Å². The topological polar surface area (TPSA) is 95.6 Å². The first kappa shape index (κ1) is 16.3. The molecule has 0 aliphatic heterocycles. The van der Waals surface area contributed by atoms with Crippen LogP contribution in [0.2, 0.25) is 0 Å². The molecule has 1 amide bonds. The van der Waals surface area contributed by atoms with E-state index in [1.807, 2.05) is 6.92 Å². The first-order valence-electron chi connectivity index (χ1n) is 6.92. The van der Waals surface area contributed by atoms with E-state index in [0.29, 0.717) is 17.9 Å². The van der Waals surface area contributed by atoms with Crippen LogP contribution in [0.1, 0.15) is 32.8 Å². The van der Waals surface area contributed by atoms with E-state index in [0.717, 1.165) is 6.42 Å². The lowest BCUT2D eigenvalue weighted by molar-refractivity contribution is -0.123. The maximum atomic E-state index is 12.0. The van der Waals surface area contributed by atoms with Crippen LogP contribution in [0, 0.1) is 5.92 Å². The number of phenolic OH excluding ortho intramolecular Hbond substituents is 2. The Balaban J connectivity index is 2.63. The molecule has 0 aromatic heterocycles. The number of carbonyl (C=O) groups excluding carboxylic acids is 1. The third kappa shape index (κ3) is 4.42. The zero-order chi connectivity index (χ0) is 15.3. The summed E-state index contributed by atoms with van der Waals surface area (Å²) >= 11 is 0. The minimum Gasteiger partial charge on any atom is -0.504 e. The highest BCUT2D eigenvalue weighted by atomic mass is 16.3. The molecule has 0 saturated heterocycles. The van der Waals surface area contributed by atoms with Gasteiger partial charge in [0.2, 0.25) is 5.91 Å². The van der Waals surface area contributed by atoms with E-state index in [1.54, 1.807) is 6.07 Å². The normalized spacial score (nSPS) is 14.1. The summed E-state index contributed by atoms with van der Waals surface area (Å²) in [5, 5.41) is 21.6. The molecule has 0 aliphatic carbocycles. The molecule has 0 bridgehead atoms. The second-order valence-electron chi connectivity index (χ2n) is 5.40. The van der Waals surface area contributed by atoms with E-state index in [4.69, 9.17) is 5.73 Å². The number of aromatic hydroxyl groups is 2. The molecule has 0 aliphatic rings. The maximum Gasteiger partial charge on any atom is 0.237 e. The highest BCUT2D eigenvalue weighted by Crippen LogP contribution is 2.25. The van der Waals surface area contributed by atoms with E-state index in [-0.39, 0.29) is 23.4 Å². The number of phenols is 2. The predicted octanol–water partition coefficient (Wildman–Crippen LogP) is 1.52. The van der Waals surface area contributed by atoms with Crippen LogP contribution >= 0.6 is 0 Å². The van der Waals surface area contributed by atoms with Crippen molar-refractivity contribution in [3.05, 3.63) is 23.8 Å². The summed E-state index contributed by atoms with van der Waals surface area (Å²) in [6, 6.07) is 3.89. The van der Waals surface area contributed by atoms with Crippen molar-refractivity contribution in [2.75, 3.05) is 0 Å². The third-order valence-electron chi connectivity index (χ3n) is 3.40. The van der Waals surface area contributed by atoms with Crippen molar-refractivity contribution in [3.8, 4) is 11.5 Å². The van der Waals surface area contributed by atoms with Gasteiger partial charge in [-0.25, -0.2) is 0 Å². The molecule has 1 rings (SSSR count). The van der Waals surface area contributed by atoms with E-state index >= 15 is 0 Å². The van der Waals surface area contributed by atoms with Gasteiger partial charge in [-0.1, -0.05) is 26.8 Å². The molecule has 5 heteroatoms. The summed E-state index contributed by atoms with van der Waals surface area (Å²) in [4.78, 5) is 12.0. The molecule has 1 aromatic carbocycles. The van der Waals surface area contributed by atoms with Gasteiger partial charge in [-0.3, -0.25) is 4.79 Å². The molecule has 5 nitrogen and oxygen atoms in total. The zero-order valence-corrected chi connectivity index (χ0v) is 12.3. The van der Waals surface area contributed by atoms with Crippen molar-refractivity contribution >= 4 is 5.91 Å². The van der Waals surface area contributed by atoms with Crippen LogP contribution in [-0.4, -0.2) is 28.2 Å². The molecule has 0 heterocycles. The number of nitrogens with one attached hydrogen (secondary N) is 1. The molecule has 1 aromatic rings. The van der Waals surface area contributed by atoms with Crippen LogP contribution in [0.4, 0.5) is 0 Å². The molecule has 0 saturated carbocycles. The average Bonchev–Trinajstić information content (AvgIpc) is 2.39. The number of hydrogen-bond acceptors (Lipinski definition) is 4. The Bertz CT molecular complexity index is 460. The average molecular weight is 280 g/mol. The van der Waals surface area contributed by atoms with Gasteiger partial charge in [0.15, 0.2) is 11.5 Å². The van der Waals surface area contributed by atoms with Gasteiger partial charge in [0.25, 0.3) is 0 Å². The van der Waals surface area contributed by atoms with Crippen LogP contribution in [-0.2, 0) is 11.2 Å². The zero-order valence-electron chi connectivity index (χ0n) is 12.3. The van der Waals surface area contributed by atoms with Crippen molar-refractivity contribution in [2.24, 2.45) is 11.7 Å². The lowest BCUT2D eigenvalue weighted by Gasteiger charge is -2.23. The fraction of sp³-hybridized carbons (Fsp3) is 0.533. The van der Waals surface area contributed by atoms with E-state index in [2.05, 4.69) is 19.2 Å². The second kappa shape index (κ2) is 7.14. The molecule has 0 fully saturated rings. The summed E-state index contributed by atoms with van der Waals surface area (Å²) in [5.41, 5.74) is 6.59. The van der Waals surface area contributed by atoms with Gasteiger partial charge in [0.1, 0.15) is 0 Å². The molecular weight excluding hydrogens is 256 g/mol. The summed E-state index contributed by atoms with van der Waals surface area (Å²) in [5.74, 6) is -0.228. The van der Waals surface area contributed by atoms with Gasteiger partial charge in [-0.2, -0.15) is 0 Å². The SMILES string of the molecule is CCC(NC(=O)[C@@H](N)Cc1ccc(O)c(O)c1)C(C)C. The molecule has 0 radical (unpaired) electrons. The van der Waals surface area contributed by atoms with Gasteiger partial charge in [0, 0.05) is 6.04 Å². The van der Waals surface area contributed by atoms with E-state index < -0.39 is 6.04 Å². The van der Waals surface area contributed by atoms with Crippen LogP contribution in [0.5, 0.6) is 11.5 Å². The Morgan fingerprint density at radius 3 is 2.45 bits per heavy atom. The quantitative estimate of drug-likeness (QED) is 0.594. The highest BCUT2D eigenvalue weighted by molar-refractivity contribution is 5.82. The van der Waals surface area contributed by atoms with Crippen molar-refractivity contribution in [1.29, 1.82) is 0 Å². The summed E-state index contributed by atoms with van der Waals surface area (Å²) in [6.07, 6.45) is 1.17. The number of hydrogen-bond donors (Lipinski definition) is 4. The van der Waals surface area contributed by atoms with E-state index in [1.165, 1.54) is 12.1 Å². The summed E-state index contributed by atoms with van der Waals surface area (Å²) in [7, 11) is 0. The molecule has 20 heavy (non-hydrogen) atoms. The van der Waals surface area contributed by atoms with Crippen molar-refractivity contribution in [3.63, 3.8) is 0 Å². The van der Waals surface area contributed by atoms with Crippen LogP contribution in [0.15, 0.2) is 18.2 Å². The molecule has 5 N–H and O–H groups in total. The number of amides is 1. The summed E-state index contributed by atoms with van der Waals surface area (Å²) < 4.78 is 0. The number of rotatable bonds is 6. The monoisotopic (exact) mass is 280 g/mol. The van der Waals surface area contributed by atoms with Crippen LogP contribution in [0.25, 0.3) is 0 Å². The minimum atomic E-state index is -0.674. The van der Waals surface area contributed by atoms with Gasteiger partial charge >= 0.3 is 0 Å². The molecule has 1 unspecified atom stereocenters. The van der Waals surface area contributed by atoms with Crippen LogP contribution < -0.4 is 11.1 Å². The van der Waals surface area contributed by atoms with Crippen molar-refractivity contribution < 1.29 is 15.0 Å².